The summed E-state index contributed by atoms with van der Waals surface area (Å²) < 4.78 is 0. The molecule has 0 aliphatic rings. The molecule has 16 heavy (non-hydrogen) atoms. The van der Waals surface area contributed by atoms with Crippen molar-refractivity contribution in [3.05, 3.63) is 54.1 Å². The lowest BCUT2D eigenvalue weighted by Gasteiger charge is -2.04. The fourth-order valence-corrected chi connectivity index (χ4v) is 1.85. The first-order valence-electron chi connectivity index (χ1n) is 5.68. The number of rotatable bonds is 3. The smallest absolute Gasteiger partial charge is 0.115 e. The van der Waals surface area contributed by atoms with Gasteiger partial charge in [-0.3, -0.25) is 0 Å². The van der Waals surface area contributed by atoms with Crippen molar-refractivity contribution in [1.29, 1.82) is 0 Å². The maximum Gasteiger partial charge on any atom is 0.115 e. The number of benzene rings is 2. The molecule has 2 aromatic rings. The van der Waals surface area contributed by atoms with E-state index in [9.17, 15) is 5.11 Å². The van der Waals surface area contributed by atoms with E-state index in [4.69, 9.17) is 0 Å². The summed E-state index contributed by atoms with van der Waals surface area (Å²) in [6.07, 6.45) is 2.28. The molecule has 1 heteroatoms. The Morgan fingerprint density at radius 3 is 2.38 bits per heavy atom. The third-order valence-electron chi connectivity index (χ3n) is 2.67. The molecular weight excluding hydrogens is 196 g/mol. The van der Waals surface area contributed by atoms with Crippen LogP contribution in [0.4, 0.5) is 0 Å². The van der Waals surface area contributed by atoms with Gasteiger partial charge >= 0.3 is 0 Å². The van der Waals surface area contributed by atoms with Gasteiger partial charge in [0.2, 0.25) is 0 Å². The molecule has 2 rings (SSSR count). The lowest BCUT2D eigenvalue weighted by atomic mass is 10.0. The van der Waals surface area contributed by atoms with Gasteiger partial charge in [0, 0.05) is 0 Å². The van der Waals surface area contributed by atoms with E-state index < -0.39 is 0 Å². The zero-order valence-electron chi connectivity index (χ0n) is 9.48. The van der Waals surface area contributed by atoms with E-state index in [-0.39, 0.29) is 0 Å². The zero-order valence-corrected chi connectivity index (χ0v) is 9.48. The lowest BCUT2D eigenvalue weighted by Crippen LogP contribution is -1.84. The third-order valence-corrected chi connectivity index (χ3v) is 2.67. The van der Waals surface area contributed by atoms with Gasteiger partial charge in [-0.1, -0.05) is 49.7 Å². The first-order valence-corrected chi connectivity index (χ1v) is 5.68. The molecule has 0 heterocycles. The third kappa shape index (κ3) is 2.43. The zero-order chi connectivity index (χ0) is 11.4. The minimum Gasteiger partial charge on any atom is -0.508 e. The maximum absolute atomic E-state index is 9.24. The molecule has 0 bridgehead atoms. The summed E-state index contributed by atoms with van der Waals surface area (Å²) in [5.74, 6) is 0.313. The van der Waals surface area contributed by atoms with Crippen LogP contribution in [0.5, 0.6) is 5.75 Å². The Kier molecular flexibility index (Phi) is 3.25. The van der Waals surface area contributed by atoms with Crippen molar-refractivity contribution < 1.29 is 5.11 Å². The van der Waals surface area contributed by atoms with Crippen LogP contribution in [0, 0.1) is 0 Å². The second-order valence-electron chi connectivity index (χ2n) is 4.00. The van der Waals surface area contributed by atoms with Crippen molar-refractivity contribution in [1.82, 2.24) is 0 Å². The molecule has 0 amide bonds. The van der Waals surface area contributed by atoms with Crippen molar-refractivity contribution in [3.8, 4) is 16.9 Å². The van der Waals surface area contributed by atoms with E-state index >= 15 is 0 Å². The van der Waals surface area contributed by atoms with Crippen molar-refractivity contribution in [2.75, 3.05) is 0 Å². The normalized spacial score (nSPS) is 10.3. The second-order valence-corrected chi connectivity index (χ2v) is 4.00. The Hall–Kier alpha value is -1.76. The van der Waals surface area contributed by atoms with Gasteiger partial charge in [0.25, 0.3) is 0 Å². The average Bonchev–Trinajstić information content (AvgIpc) is 2.31. The van der Waals surface area contributed by atoms with Crippen molar-refractivity contribution in [3.63, 3.8) is 0 Å². The molecule has 0 spiro atoms. The first kappa shape index (κ1) is 10.7. The van der Waals surface area contributed by atoms with E-state index in [1.54, 1.807) is 12.1 Å². The maximum atomic E-state index is 9.24. The number of aryl methyl sites for hydroxylation is 1. The molecular formula is C15H16O. The summed E-state index contributed by atoms with van der Waals surface area (Å²) >= 11 is 0. The SMILES string of the molecule is CCCc1cccc(-c2ccc(O)cc2)c1. The van der Waals surface area contributed by atoms with Crippen LogP contribution < -0.4 is 0 Å². The molecule has 82 valence electrons. The van der Waals surface area contributed by atoms with Gasteiger partial charge in [-0.2, -0.15) is 0 Å². The van der Waals surface area contributed by atoms with Gasteiger partial charge in [-0.25, -0.2) is 0 Å². The van der Waals surface area contributed by atoms with Gasteiger partial charge < -0.3 is 5.11 Å². The number of hydrogen-bond acceptors (Lipinski definition) is 1. The van der Waals surface area contributed by atoms with Crippen molar-refractivity contribution in [2.24, 2.45) is 0 Å². The van der Waals surface area contributed by atoms with E-state index in [0.717, 1.165) is 12.0 Å². The van der Waals surface area contributed by atoms with Crippen molar-refractivity contribution in [2.45, 2.75) is 19.8 Å². The second kappa shape index (κ2) is 4.84. The van der Waals surface area contributed by atoms with E-state index in [2.05, 4.69) is 31.2 Å². The molecule has 0 aromatic heterocycles. The number of phenolic OH excluding ortho intramolecular Hbond substituents is 1. The Morgan fingerprint density at radius 2 is 1.69 bits per heavy atom. The fraction of sp³-hybridized carbons (Fsp3) is 0.200. The molecule has 0 radical (unpaired) electrons. The highest BCUT2D eigenvalue weighted by molar-refractivity contribution is 5.64. The predicted octanol–water partition coefficient (Wildman–Crippen LogP) is 4.01. The van der Waals surface area contributed by atoms with Crippen LogP contribution in [-0.4, -0.2) is 5.11 Å². The molecule has 0 atom stereocenters. The summed E-state index contributed by atoms with van der Waals surface area (Å²) in [7, 11) is 0. The van der Waals surface area contributed by atoms with Crippen LogP contribution in [0.1, 0.15) is 18.9 Å². The summed E-state index contributed by atoms with van der Waals surface area (Å²) in [6, 6.07) is 15.9. The molecule has 0 aliphatic heterocycles. The monoisotopic (exact) mass is 212 g/mol. The predicted molar refractivity (Wildman–Crippen MR) is 67.5 cm³/mol. The van der Waals surface area contributed by atoms with Crippen LogP contribution in [0.15, 0.2) is 48.5 Å². The Balaban J connectivity index is 2.32. The summed E-state index contributed by atoms with van der Waals surface area (Å²) in [6.45, 7) is 2.19. The van der Waals surface area contributed by atoms with Gasteiger partial charge in [0.15, 0.2) is 0 Å². The van der Waals surface area contributed by atoms with Crippen LogP contribution >= 0.6 is 0 Å². The minimum absolute atomic E-state index is 0.313. The number of phenols is 1. The van der Waals surface area contributed by atoms with E-state index in [0.29, 0.717) is 5.75 Å². The standard InChI is InChI=1S/C15H16O/c1-2-4-12-5-3-6-14(11-12)13-7-9-15(16)10-8-13/h3,5-11,16H,2,4H2,1H3. The Labute approximate surface area is 96.4 Å². The molecule has 0 aliphatic carbocycles. The molecule has 2 aromatic carbocycles. The van der Waals surface area contributed by atoms with Gasteiger partial charge in [-0.15, -0.1) is 0 Å². The highest BCUT2D eigenvalue weighted by atomic mass is 16.3. The van der Waals surface area contributed by atoms with E-state index in [1.807, 2.05) is 12.1 Å². The minimum atomic E-state index is 0.313. The average molecular weight is 212 g/mol. The molecule has 0 saturated carbocycles. The highest BCUT2D eigenvalue weighted by Crippen LogP contribution is 2.23. The number of hydrogen-bond donors (Lipinski definition) is 1. The van der Waals surface area contributed by atoms with Crippen LogP contribution in [0.25, 0.3) is 11.1 Å². The van der Waals surface area contributed by atoms with Gasteiger partial charge in [0.1, 0.15) is 5.75 Å². The Morgan fingerprint density at radius 1 is 0.938 bits per heavy atom. The molecule has 1 N–H and O–H groups in total. The highest BCUT2D eigenvalue weighted by Gasteiger charge is 1.99. The Bertz CT molecular complexity index is 457. The summed E-state index contributed by atoms with van der Waals surface area (Å²) in [5, 5.41) is 9.24. The first-order chi connectivity index (χ1) is 7.79. The quantitative estimate of drug-likeness (QED) is 0.815. The van der Waals surface area contributed by atoms with E-state index in [1.165, 1.54) is 17.5 Å². The molecule has 1 nitrogen and oxygen atoms in total. The molecule has 0 fully saturated rings. The fourth-order valence-electron chi connectivity index (χ4n) is 1.85. The van der Waals surface area contributed by atoms with Crippen molar-refractivity contribution >= 4 is 0 Å². The van der Waals surface area contributed by atoms with Crippen LogP contribution in [0.3, 0.4) is 0 Å². The van der Waals surface area contributed by atoms with Gasteiger partial charge in [-0.05, 0) is 35.2 Å². The lowest BCUT2D eigenvalue weighted by molar-refractivity contribution is 0.475. The van der Waals surface area contributed by atoms with Crippen LogP contribution in [0.2, 0.25) is 0 Å². The van der Waals surface area contributed by atoms with Gasteiger partial charge in [0.05, 0.1) is 0 Å². The van der Waals surface area contributed by atoms with Crippen LogP contribution in [-0.2, 0) is 6.42 Å². The largest absolute Gasteiger partial charge is 0.508 e. The molecule has 0 saturated heterocycles. The molecule has 0 unspecified atom stereocenters. The summed E-state index contributed by atoms with van der Waals surface area (Å²) in [4.78, 5) is 0. The number of aromatic hydroxyl groups is 1. The topological polar surface area (TPSA) is 20.2 Å². The summed E-state index contributed by atoms with van der Waals surface area (Å²) in [5.41, 5.74) is 3.73.